The van der Waals surface area contributed by atoms with Crippen LogP contribution in [0.25, 0.3) is 0 Å². The van der Waals surface area contributed by atoms with Crippen molar-refractivity contribution < 1.29 is 15.0 Å². The van der Waals surface area contributed by atoms with E-state index in [0.29, 0.717) is 11.1 Å². The van der Waals surface area contributed by atoms with E-state index in [1.807, 2.05) is 6.07 Å². The zero-order valence-electron chi connectivity index (χ0n) is 10.7. The number of ketones is 1. The smallest absolute Gasteiger partial charge is 0.177 e. The minimum Gasteiger partial charge on any atom is -0.385 e. The molecule has 0 radical (unpaired) electrons. The Morgan fingerprint density at radius 2 is 1.47 bits per heavy atom. The number of carbonyl (C=O) groups is 1. The Kier molecular flexibility index (Phi) is 3.79. The van der Waals surface area contributed by atoms with Crippen molar-refractivity contribution in [2.24, 2.45) is 0 Å². The highest BCUT2D eigenvalue weighted by molar-refractivity contribution is 5.87. The second-order valence-corrected chi connectivity index (χ2v) is 4.50. The largest absolute Gasteiger partial charge is 0.385 e. The first-order valence-corrected chi connectivity index (χ1v) is 6.08. The van der Waals surface area contributed by atoms with Gasteiger partial charge in [0, 0.05) is 0 Å². The highest BCUT2D eigenvalue weighted by Crippen LogP contribution is 2.35. The van der Waals surface area contributed by atoms with Crippen LogP contribution in [0.1, 0.15) is 24.2 Å². The molecule has 2 rings (SSSR count). The van der Waals surface area contributed by atoms with Gasteiger partial charge in [-0.05, 0) is 18.1 Å². The normalized spacial score (nSPS) is 15.5. The van der Waals surface area contributed by atoms with Crippen LogP contribution in [-0.4, -0.2) is 16.0 Å². The van der Waals surface area contributed by atoms with E-state index in [0.717, 1.165) is 0 Å². The van der Waals surface area contributed by atoms with Crippen LogP contribution >= 0.6 is 0 Å². The van der Waals surface area contributed by atoms with Crippen molar-refractivity contribution in [3.63, 3.8) is 0 Å². The zero-order valence-corrected chi connectivity index (χ0v) is 10.7. The van der Waals surface area contributed by atoms with Crippen LogP contribution in [0.2, 0.25) is 0 Å². The summed E-state index contributed by atoms with van der Waals surface area (Å²) in [6.07, 6.45) is -1.30. The van der Waals surface area contributed by atoms with Gasteiger partial charge in [-0.3, -0.25) is 4.79 Å². The lowest BCUT2D eigenvalue weighted by molar-refractivity contribution is -0.151. The van der Waals surface area contributed by atoms with Gasteiger partial charge in [-0.15, -0.1) is 0 Å². The molecule has 0 bridgehead atoms. The Labute approximate surface area is 112 Å². The van der Waals surface area contributed by atoms with E-state index in [9.17, 15) is 15.0 Å². The van der Waals surface area contributed by atoms with Gasteiger partial charge in [-0.25, -0.2) is 0 Å². The van der Waals surface area contributed by atoms with Crippen molar-refractivity contribution in [2.45, 2.75) is 18.6 Å². The molecule has 0 aliphatic heterocycles. The van der Waals surface area contributed by atoms with Crippen LogP contribution in [0.15, 0.2) is 60.7 Å². The van der Waals surface area contributed by atoms with Gasteiger partial charge in [0.1, 0.15) is 6.10 Å². The van der Waals surface area contributed by atoms with Crippen LogP contribution in [0.3, 0.4) is 0 Å². The Balaban J connectivity index is 2.49. The molecule has 0 spiro atoms. The lowest BCUT2D eigenvalue weighted by Gasteiger charge is -2.31. The summed E-state index contributed by atoms with van der Waals surface area (Å²) >= 11 is 0. The molecule has 3 nitrogen and oxygen atoms in total. The van der Waals surface area contributed by atoms with E-state index in [4.69, 9.17) is 0 Å². The molecule has 19 heavy (non-hydrogen) atoms. The molecule has 3 heteroatoms. The van der Waals surface area contributed by atoms with Crippen molar-refractivity contribution in [3.05, 3.63) is 71.8 Å². The molecule has 2 atom stereocenters. The van der Waals surface area contributed by atoms with Gasteiger partial charge < -0.3 is 10.2 Å². The Bertz CT molecular complexity index is 551. The summed E-state index contributed by atoms with van der Waals surface area (Å²) in [7, 11) is 0. The number of carbonyl (C=O) groups excluding carboxylic acids is 1. The molecule has 98 valence electrons. The predicted molar refractivity (Wildman–Crippen MR) is 72.4 cm³/mol. The van der Waals surface area contributed by atoms with E-state index >= 15 is 0 Å². The molecule has 0 amide bonds. The molecule has 2 unspecified atom stereocenters. The van der Waals surface area contributed by atoms with Crippen molar-refractivity contribution in [2.75, 3.05) is 0 Å². The molecule has 0 aliphatic carbocycles. The number of aliphatic hydroxyl groups excluding tert-OH is 1. The molecule has 0 heterocycles. The quantitative estimate of drug-likeness (QED) is 0.881. The SMILES string of the molecule is CC(=O)C(O)(c1ccccc1)C(O)c1ccccc1. The third kappa shape index (κ3) is 2.43. The zero-order chi connectivity index (χ0) is 13.9. The first-order chi connectivity index (χ1) is 9.06. The third-order valence-electron chi connectivity index (χ3n) is 3.26. The molecular formula is C16H16O3. The highest BCUT2D eigenvalue weighted by Gasteiger charge is 2.42. The molecule has 0 saturated heterocycles. The Hall–Kier alpha value is -1.97. The van der Waals surface area contributed by atoms with E-state index in [1.54, 1.807) is 54.6 Å². The van der Waals surface area contributed by atoms with Gasteiger partial charge in [-0.1, -0.05) is 60.7 Å². The van der Waals surface area contributed by atoms with E-state index < -0.39 is 17.5 Å². The lowest BCUT2D eigenvalue weighted by atomic mass is 9.81. The molecule has 2 N–H and O–H groups in total. The molecule has 2 aromatic carbocycles. The number of hydrogen-bond acceptors (Lipinski definition) is 3. The number of aliphatic hydroxyl groups is 2. The van der Waals surface area contributed by atoms with Crippen LogP contribution in [-0.2, 0) is 10.4 Å². The van der Waals surface area contributed by atoms with E-state index in [-0.39, 0.29) is 0 Å². The van der Waals surface area contributed by atoms with Gasteiger partial charge >= 0.3 is 0 Å². The van der Waals surface area contributed by atoms with Gasteiger partial charge in [0.2, 0.25) is 0 Å². The van der Waals surface area contributed by atoms with E-state index in [1.165, 1.54) is 6.92 Å². The molecular weight excluding hydrogens is 240 g/mol. The summed E-state index contributed by atoms with van der Waals surface area (Å²) in [5.41, 5.74) is -1.04. The summed E-state index contributed by atoms with van der Waals surface area (Å²) in [5, 5.41) is 21.1. The number of rotatable bonds is 4. The van der Waals surface area contributed by atoms with Crippen LogP contribution in [0, 0.1) is 0 Å². The predicted octanol–water partition coefficient (Wildman–Crippen LogP) is 2.20. The summed E-state index contributed by atoms with van der Waals surface area (Å²) in [6, 6.07) is 17.2. The molecule has 0 fully saturated rings. The topological polar surface area (TPSA) is 57.5 Å². The lowest BCUT2D eigenvalue weighted by Crippen LogP contribution is -2.40. The van der Waals surface area contributed by atoms with Crippen molar-refractivity contribution in [1.82, 2.24) is 0 Å². The maximum absolute atomic E-state index is 11.9. The van der Waals surface area contributed by atoms with Crippen LogP contribution < -0.4 is 0 Å². The Morgan fingerprint density at radius 3 is 1.95 bits per heavy atom. The summed E-state index contributed by atoms with van der Waals surface area (Å²) in [4.78, 5) is 11.9. The molecule has 0 aliphatic rings. The van der Waals surface area contributed by atoms with Gasteiger partial charge in [0.15, 0.2) is 11.4 Å². The summed E-state index contributed by atoms with van der Waals surface area (Å²) in [5.74, 6) is -0.491. The maximum atomic E-state index is 11.9. The van der Waals surface area contributed by atoms with Crippen molar-refractivity contribution in [3.8, 4) is 0 Å². The minimum absolute atomic E-state index is 0.388. The van der Waals surface area contributed by atoms with Crippen molar-refractivity contribution in [1.29, 1.82) is 0 Å². The fourth-order valence-electron chi connectivity index (χ4n) is 2.12. The van der Waals surface area contributed by atoms with Crippen molar-refractivity contribution >= 4 is 5.78 Å². The number of Topliss-reactive ketones (excluding diaryl/α,β-unsaturated/α-hetero) is 1. The number of benzene rings is 2. The Morgan fingerprint density at radius 1 is 1.00 bits per heavy atom. The molecule has 2 aromatic rings. The standard InChI is InChI=1S/C16H16O3/c1-12(17)16(19,14-10-6-3-7-11-14)15(18)13-8-4-2-5-9-13/h2-11,15,18-19H,1H3. The summed E-state index contributed by atoms with van der Waals surface area (Å²) in [6.45, 7) is 1.28. The average Bonchev–Trinajstić information content (AvgIpc) is 2.47. The first-order valence-electron chi connectivity index (χ1n) is 6.08. The monoisotopic (exact) mass is 256 g/mol. The van der Waals surface area contributed by atoms with Gasteiger partial charge in [-0.2, -0.15) is 0 Å². The molecule has 0 aromatic heterocycles. The van der Waals surface area contributed by atoms with Gasteiger partial charge in [0.25, 0.3) is 0 Å². The number of hydrogen-bond donors (Lipinski definition) is 2. The summed E-state index contributed by atoms with van der Waals surface area (Å²) < 4.78 is 0. The minimum atomic E-state index is -1.93. The maximum Gasteiger partial charge on any atom is 0.177 e. The third-order valence-corrected chi connectivity index (χ3v) is 3.26. The second-order valence-electron chi connectivity index (χ2n) is 4.50. The fraction of sp³-hybridized carbons (Fsp3) is 0.188. The second kappa shape index (κ2) is 5.34. The van der Waals surface area contributed by atoms with Crippen LogP contribution in [0.5, 0.6) is 0 Å². The van der Waals surface area contributed by atoms with Crippen LogP contribution in [0.4, 0.5) is 0 Å². The molecule has 0 saturated carbocycles. The van der Waals surface area contributed by atoms with E-state index in [2.05, 4.69) is 0 Å². The van der Waals surface area contributed by atoms with Gasteiger partial charge in [0.05, 0.1) is 0 Å². The first kappa shape index (κ1) is 13.5. The fourth-order valence-corrected chi connectivity index (χ4v) is 2.12. The average molecular weight is 256 g/mol. The highest BCUT2D eigenvalue weighted by atomic mass is 16.3.